The van der Waals surface area contributed by atoms with Gasteiger partial charge < -0.3 is 29.2 Å². The third-order valence-corrected chi connectivity index (χ3v) is 9.30. The highest BCUT2D eigenvalue weighted by molar-refractivity contribution is 7.99. The molecule has 0 aromatic carbocycles. The molecule has 0 aliphatic rings. The largest absolute Gasteiger partial charge is 0.465 e. The lowest BCUT2D eigenvalue weighted by atomic mass is 9.92. The summed E-state index contributed by atoms with van der Waals surface area (Å²) < 4.78 is 22.0. The van der Waals surface area contributed by atoms with Gasteiger partial charge in [-0.25, -0.2) is 0 Å². The Kier molecular flexibility index (Phi) is 28.1. The number of hydrogen-bond acceptors (Lipinski definition) is 14. The SMILES string of the molecule is CCN(CC)CCCNC(=O)CCSCCC(=O)OCC(COC(=O)CCSC)(COC(=O)CCSC)COC(=O)CCSC. The lowest BCUT2D eigenvalue weighted by Gasteiger charge is -2.31. The Hall–Kier alpha value is -1.29. The van der Waals surface area contributed by atoms with E-state index in [0.717, 1.165) is 26.1 Å². The number of hydrogen-bond donors (Lipinski definition) is 1. The van der Waals surface area contributed by atoms with Crippen LogP contribution >= 0.6 is 47.0 Å². The monoisotopic (exact) mass is 714 g/mol. The van der Waals surface area contributed by atoms with Crippen LogP contribution < -0.4 is 5.32 Å². The molecule has 0 aliphatic heterocycles. The third-order valence-electron chi connectivity index (χ3n) is 6.48. The first-order valence-corrected chi connectivity index (χ1v) is 20.6. The molecule has 0 unspecified atom stereocenters. The minimum absolute atomic E-state index is 0.0133. The molecule has 11 nitrogen and oxygen atoms in total. The molecule has 0 saturated heterocycles. The maximum absolute atomic E-state index is 12.7. The van der Waals surface area contributed by atoms with Crippen LogP contribution in [0.15, 0.2) is 0 Å². The van der Waals surface area contributed by atoms with E-state index in [-0.39, 0.29) is 58.0 Å². The summed E-state index contributed by atoms with van der Waals surface area (Å²) >= 11 is 5.98. The molecule has 1 amide bonds. The van der Waals surface area contributed by atoms with Gasteiger partial charge in [0.05, 0.1) is 25.7 Å². The summed E-state index contributed by atoms with van der Waals surface area (Å²) in [5.74, 6) is 0.884. The van der Waals surface area contributed by atoms with Gasteiger partial charge in [0.1, 0.15) is 31.8 Å². The average Bonchev–Trinajstić information content (AvgIpc) is 3.04. The minimum atomic E-state index is -1.26. The summed E-state index contributed by atoms with van der Waals surface area (Å²) in [5.41, 5.74) is -1.26. The van der Waals surface area contributed by atoms with E-state index in [2.05, 4.69) is 24.1 Å². The summed E-state index contributed by atoms with van der Waals surface area (Å²) in [6.45, 7) is 6.79. The van der Waals surface area contributed by atoms with E-state index in [4.69, 9.17) is 18.9 Å². The van der Waals surface area contributed by atoms with E-state index in [0.29, 0.717) is 41.7 Å². The van der Waals surface area contributed by atoms with Crippen molar-refractivity contribution >= 4 is 76.8 Å². The molecule has 0 radical (unpaired) electrons. The van der Waals surface area contributed by atoms with Crippen molar-refractivity contribution in [2.24, 2.45) is 5.41 Å². The van der Waals surface area contributed by atoms with E-state index < -0.39 is 29.3 Å². The van der Waals surface area contributed by atoms with E-state index >= 15 is 0 Å². The summed E-state index contributed by atoms with van der Waals surface area (Å²) in [6, 6.07) is 0. The molecule has 0 saturated carbocycles. The van der Waals surface area contributed by atoms with Crippen molar-refractivity contribution in [2.75, 3.05) is 100 Å². The van der Waals surface area contributed by atoms with E-state index in [1.165, 1.54) is 47.0 Å². The second-order valence-corrected chi connectivity index (χ2v) is 14.4. The van der Waals surface area contributed by atoms with E-state index in [9.17, 15) is 24.0 Å². The zero-order valence-electron chi connectivity index (χ0n) is 27.7. The number of rotatable bonds is 29. The Bertz CT molecular complexity index is 788. The van der Waals surface area contributed by atoms with Crippen LogP contribution in [-0.2, 0) is 42.9 Å². The molecular weight excluding hydrogens is 661 g/mol. The predicted molar refractivity (Wildman–Crippen MR) is 187 cm³/mol. The van der Waals surface area contributed by atoms with Gasteiger partial charge in [0, 0.05) is 41.7 Å². The smallest absolute Gasteiger partial charge is 0.306 e. The Morgan fingerprint density at radius 1 is 0.600 bits per heavy atom. The Labute approximate surface area is 286 Å². The average molecular weight is 715 g/mol. The van der Waals surface area contributed by atoms with Gasteiger partial charge >= 0.3 is 23.9 Å². The van der Waals surface area contributed by atoms with E-state index in [1.54, 1.807) is 0 Å². The second-order valence-electron chi connectivity index (χ2n) is 10.2. The fourth-order valence-electron chi connectivity index (χ4n) is 3.61. The molecule has 262 valence electrons. The lowest BCUT2D eigenvalue weighted by Crippen LogP contribution is -2.44. The number of amides is 1. The second kappa shape index (κ2) is 28.9. The van der Waals surface area contributed by atoms with E-state index in [1.807, 2.05) is 18.8 Å². The summed E-state index contributed by atoms with van der Waals surface area (Å²) in [7, 11) is 0. The Morgan fingerprint density at radius 3 is 1.36 bits per heavy atom. The number of thioether (sulfide) groups is 4. The summed E-state index contributed by atoms with van der Waals surface area (Å²) in [4.78, 5) is 64.0. The number of ether oxygens (including phenoxy) is 4. The number of nitrogens with zero attached hydrogens (tertiary/aromatic N) is 1. The molecule has 45 heavy (non-hydrogen) atoms. The van der Waals surface area contributed by atoms with Gasteiger partial charge in [-0.15, -0.1) is 0 Å². The highest BCUT2D eigenvalue weighted by Crippen LogP contribution is 2.23. The molecular formula is C30H54N2O9S4. The van der Waals surface area contributed by atoms with Gasteiger partial charge in [-0.2, -0.15) is 47.0 Å². The fourth-order valence-corrected chi connectivity index (χ4v) is 5.57. The van der Waals surface area contributed by atoms with Crippen molar-refractivity contribution in [3.63, 3.8) is 0 Å². The first-order valence-electron chi connectivity index (χ1n) is 15.3. The number of carbonyl (C=O) groups is 5. The van der Waals surface area contributed by atoms with Gasteiger partial charge in [-0.3, -0.25) is 24.0 Å². The zero-order valence-corrected chi connectivity index (χ0v) is 31.0. The van der Waals surface area contributed by atoms with Gasteiger partial charge in [0.25, 0.3) is 0 Å². The van der Waals surface area contributed by atoms with Crippen molar-refractivity contribution in [1.29, 1.82) is 0 Å². The van der Waals surface area contributed by atoms with Crippen molar-refractivity contribution in [3.8, 4) is 0 Å². The standard InChI is InChI=1S/C30H54N2O9S4/c1-6-32(7-2)15-8-14-31-25(33)9-19-45-20-13-29(37)41-24-30(21-38-26(34)10-16-42-3,22-39-27(35)11-17-43-4)23-40-28(36)12-18-44-5/h6-24H2,1-5H3,(H,31,33). The first-order chi connectivity index (χ1) is 21.6. The van der Waals surface area contributed by atoms with Gasteiger partial charge in [0.2, 0.25) is 5.91 Å². The first kappa shape index (κ1) is 43.7. The quantitative estimate of drug-likeness (QED) is 0.0684. The van der Waals surface area contributed by atoms with Crippen LogP contribution in [0.25, 0.3) is 0 Å². The predicted octanol–water partition coefficient (Wildman–Crippen LogP) is 3.77. The molecule has 0 fully saturated rings. The van der Waals surface area contributed by atoms with Gasteiger partial charge in [0.15, 0.2) is 0 Å². The molecule has 0 spiro atoms. The number of carbonyl (C=O) groups excluding carboxylic acids is 5. The van der Waals surface area contributed by atoms with Crippen molar-refractivity contribution in [1.82, 2.24) is 10.2 Å². The zero-order chi connectivity index (χ0) is 33.8. The number of esters is 4. The van der Waals surface area contributed by atoms with Gasteiger partial charge in [-0.1, -0.05) is 13.8 Å². The van der Waals surface area contributed by atoms with Crippen LogP contribution in [0.2, 0.25) is 0 Å². The topological polar surface area (TPSA) is 138 Å². The normalized spacial score (nSPS) is 11.2. The third kappa shape index (κ3) is 24.5. The Balaban J connectivity index is 5.05. The minimum Gasteiger partial charge on any atom is -0.465 e. The summed E-state index contributed by atoms with van der Waals surface area (Å²) in [5, 5.41) is 2.93. The van der Waals surface area contributed by atoms with Crippen LogP contribution in [0, 0.1) is 5.41 Å². The van der Waals surface area contributed by atoms with Gasteiger partial charge in [-0.05, 0) is 44.8 Å². The van der Waals surface area contributed by atoms with Crippen LogP contribution in [0.4, 0.5) is 0 Å². The maximum Gasteiger partial charge on any atom is 0.306 e. The van der Waals surface area contributed by atoms with Crippen molar-refractivity contribution in [2.45, 2.75) is 52.4 Å². The molecule has 0 rings (SSSR count). The van der Waals surface area contributed by atoms with Crippen LogP contribution in [0.5, 0.6) is 0 Å². The maximum atomic E-state index is 12.7. The van der Waals surface area contributed by atoms with Crippen molar-refractivity contribution < 1.29 is 42.9 Å². The summed E-state index contributed by atoms with van der Waals surface area (Å²) in [6.07, 6.45) is 7.54. The molecule has 0 aromatic heterocycles. The molecule has 0 atom stereocenters. The molecule has 0 bridgehead atoms. The number of nitrogens with one attached hydrogen (secondary N) is 1. The molecule has 1 N–H and O–H groups in total. The van der Waals surface area contributed by atoms with Crippen LogP contribution in [-0.4, -0.2) is 135 Å². The molecule has 0 heterocycles. The molecule has 15 heteroatoms. The fraction of sp³-hybridized carbons (Fsp3) is 0.833. The van der Waals surface area contributed by atoms with Crippen molar-refractivity contribution in [3.05, 3.63) is 0 Å². The lowest BCUT2D eigenvalue weighted by molar-refractivity contribution is -0.170. The highest BCUT2D eigenvalue weighted by Gasteiger charge is 2.38. The van der Waals surface area contributed by atoms with Crippen LogP contribution in [0.3, 0.4) is 0 Å². The van der Waals surface area contributed by atoms with Crippen LogP contribution in [0.1, 0.15) is 52.4 Å². The molecule has 0 aliphatic carbocycles. The highest BCUT2D eigenvalue weighted by atomic mass is 32.2. The Morgan fingerprint density at radius 2 is 0.978 bits per heavy atom. The molecule has 0 aromatic rings.